The van der Waals surface area contributed by atoms with Gasteiger partial charge in [0.1, 0.15) is 0 Å². The van der Waals surface area contributed by atoms with Crippen LogP contribution in [0.15, 0.2) is 24.3 Å². The second-order valence-corrected chi connectivity index (χ2v) is 6.09. The van der Waals surface area contributed by atoms with E-state index in [0.29, 0.717) is 6.04 Å². The van der Waals surface area contributed by atoms with Gasteiger partial charge in [0.15, 0.2) is 0 Å². The van der Waals surface area contributed by atoms with Crippen LogP contribution in [-0.4, -0.2) is 17.5 Å². The van der Waals surface area contributed by atoms with Crippen molar-refractivity contribution in [2.45, 2.75) is 38.6 Å². The number of hydrogen-bond acceptors (Lipinski definition) is 3. The zero-order chi connectivity index (χ0) is 14.1. The number of nitro groups is 1. The molecule has 0 bridgehead atoms. The molecule has 3 unspecified atom stereocenters. The average Bonchev–Trinajstić information content (AvgIpc) is 2.90. The minimum Gasteiger partial charge on any atom is -0.314 e. The van der Waals surface area contributed by atoms with E-state index in [1.54, 1.807) is 12.1 Å². The van der Waals surface area contributed by atoms with Gasteiger partial charge in [0.05, 0.1) is 4.92 Å². The fourth-order valence-corrected chi connectivity index (χ4v) is 4.18. The van der Waals surface area contributed by atoms with E-state index in [1.807, 2.05) is 12.1 Å². The summed E-state index contributed by atoms with van der Waals surface area (Å²) in [5.74, 6) is 2.49. The van der Waals surface area contributed by atoms with Crippen molar-refractivity contribution in [2.75, 3.05) is 6.54 Å². The van der Waals surface area contributed by atoms with Crippen molar-refractivity contribution in [3.63, 3.8) is 0 Å². The van der Waals surface area contributed by atoms with Gasteiger partial charge in [0.25, 0.3) is 5.69 Å². The fourth-order valence-electron chi connectivity index (χ4n) is 4.18. The van der Waals surface area contributed by atoms with Crippen LogP contribution < -0.4 is 5.32 Å². The van der Waals surface area contributed by atoms with Gasteiger partial charge in [-0.25, -0.2) is 0 Å². The lowest BCUT2D eigenvalue weighted by Gasteiger charge is -2.20. The monoisotopic (exact) mass is 274 g/mol. The van der Waals surface area contributed by atoms with E-state index >= 15 is 0 Å². The Balaban J connectivity index is 1.75. The Morgan fingerprint density at radius 2 is 2.05 bits per heavy atom. The summed E-state index contributed by atoms with van der Waals surface area (Å²) < 4.78 is 0. The SMILES string of the molecule is CCNC(Cc1ccccc1[N+](=O)[O-])C1C2CCCC21. The summed E-state index contributed by atoms with van der Waals surface area (Å²) in [4.78, 5) is 10.9. The topological polar surface area (TPSA) is 55.2 Å². The van der Waals surface area contributed by atoms with E-state index in [9.17, 15) is 10.1 Å². The van der Waals surface area contributed by atoms with Crippen molar-refractivity contribution in [3.8, 4) is 0 Å². The van der Waals surface area contributed by atoms with Crippen LogP contribution in [0.25, 0.3) is 0 Å². The summed E-state index contributed by atoms with van der Waals surface area (Å²) in [6.07, 6.45) is 4.86. The summed E-state index contributed by atoms with van der Waals surface area (Å²) in [7, 11) is 0. The summed E-state index contributed by atoms with van der Waals surface area (Å²) in [6, 6.07) is 7.57. The van der Waals surface area contributed by atoms with Gasteiger partial charge >= 0.3 is 0 Å². The third-order valence-corrected chi connectivity index (χ3v) is 5.03. The van der Waals surface area contributed by atoms with Gasteiger partial charge in [-0.3, -0.25) is 10.1 Å². The van der Waals surface area contributed by atoms with Crippen molar-refractivity contribution >= 4 is 5.69 Å². The molecule has 4 nitrogen and oxygen atoms in total. The van der Waals surface area contributed by atoms with Crippen molar-refractivity contribution in [2.24, 2.45) is 17.8 Å². The minimum atomic E-state index is -0.258. The fraction of sp³-hybridized carbons (Fsp3) is 0.625. The van der Waals surface area contributed by atoms with E-state index < -0.39 is 0 Å². The van der Waals surface area contributed by atoms with Crippen LogP contribution in [0.2, 0.25) is 0 Å². The quantitative estimate of drug-likeness (QED) is 0.640. The number of para-hydroxylation sites is 1. The molecule has 2 aliphatic rings. The maximum atomic E-state index is 11.1. The highest BCUT2D eigenvalue weighted by Gasteiger charge is 2.55. The van der Waals surface area contributed by atoms with Crippen molar-refractivity contribution in [3.05, 3.63) is 39.9 Å². The zero-order valence-electron chi connectivity index (χ0n) is 11.9. The highest BCUT2D eigenvalue weighted by atomic mass is 16.6. The predicted octanol–water partition coefficient (Wildman–Crippen LogP) is 3.16. The maximum absolute atomic E-state index is 11.1. The van der Waals surface area contributed by atoms with Crippen LogP contribution >= 0.6 is 0 Å². The molecule has 20 heavy (non-hydrogen) atoms. The smallest absolute Gasteiger partial charge is 0.272 e. The molecular formula is C16H22N2O2. The van der Waals surface area contributed by atoms with E-state index in [-0.39, 0.29) is 10.6 Å². The number of benzene rings is 1. The zero-order valence-corrected chi connectivity index (χ0v) is 11.9. The van der Waals surface area contributed by atoms with E-state index in [0.717, 1.165) is 36.3 Å². The molecule has 0 radical (unpaired) electrons. The molecule has 0 aliphatic heterocycles. The third kappa shape index (κ3) is 2.44. The predicted molar refractivity (Wildman–Crippen MR) is 78.6 cm³/mol. The number of rotatable bonds is 6. The summed E-state index contributed by atoms with van der Waals surface area (Å²) >= 11 is 0. The van der Waals surface area contributed by atoms with Gasteiger partial charge in [-0.05, 0) is 43.6 Å². The number of nitrogens with one attached hydrogen (secondary N) is 1. The Hall–Kier alpha value is -1.42. The first-order valence-corrected chi connectivity index (χ1v) is 7.68. The van der Waals surface area contributed by atoms with Gasteiger partial charge in [-0.15, -0.1) is 0 Å². The lowest BCUT2D eigenvalue weighted by Crippen LogP contribution is -2.34. The van der Waals surface area contributed by atoms with Gasteiger partial charge < -0.3 is 5.32 Å². The normalized spacial score (nSPS) is 28.9. The van der Waals surface area contributed by atoms with Crippen LogP contribution in [0.5, 0.6) is 0 Å². The second kappa shape index (κ2) is 5.52. The molecule has 0 amide bonds. The highest BCUT2D eigenvalue weighted by molar-refractivity contribution is 5.40. The molecule has 1 aromatic rings. The molecule has 2 saturated carbocycles. The second-order valence-electron chi connectivity index (χ2n) is 6.09. The first-order valence-electron chi connectivity index (χ1n) is 7.68. The van der Waals surface area contributed by atoms with Crippen molar-refractivity contribution in [1.82, 2.24) is 5.32 Å². The molecule has 1 aromatic carbocycles. The summed E-state index contributed by atoms with van der Waals surface area (Å²) in [5, 5.41) is 14.7. The van der Waals surface area contributed by atoms with Gasteiger partial charge in [-0.2, -0.15) is 0 Å². The van der Waals surface area contributed by atoms with E-state index in [2.05, 4.69) is 12.2 Å². The molecule has 3 rings (SSSR count). The molecule has 108 valence electrons. The molecule has 1 N–H and O–H groups in total. The van der Waals surface area contributed by atoms with Crippen molar-refractivity contribution < 1.29 is 4.92 Å². The molecular weight excluding hydrogens is 252 g/mol. The number of nitrogens with zero attached hydrogens (tertiary/aromatic N) is 1. The Labute approximate surface area is 119 Å². The van der Waals surface area contributed by atoms with Gasteiger partial charge in [-0.1, -0.05) is 31.5 Å². The van der Waals surface area contributed by atoms with Crippen molar-refractivity contribution in [1.29, 1.82) is 0 Å². The minimum absolute atomic E-state index is 0.258. The summed E-state index contributed by atoms with van der Waals surface area (Å²) in [6.45, 7) is 3.05. The van der Waals surface area contributed by atoms with Gasteiger partial charge in [0.2, 0.25) is 0 Å². The Morgan fingerprint density at radius 1 is 1.35 bits per heavy atom. The van der Waals surface area contributed by atoms with E-state index in [1.165, 1.54) is 19.3 Å². The summed E-state index contributed by atoms with van der Waals surface area (Å²) in [5.41, 5.74) is 1.13. The molecule has 2 fully saturated rings. The molecule has 0 heterocycles. The van der Waals surface area contributed by atoms with Crippen LogP contribution in [0.3, 0.4) is 0 Å². The third-order valence-electron chi connectivity index (χ3n) is 5.03. The largest absolute Gasteiger partial charge is 0.314 e. The van der Waals surface area contributed by atoms with Crippen LogP contribution in [0.4, 0.5) is 5.69 Å². The number of likely N-dealkylation sites (N-methyl/N-ethyl adjacent to an activating group) is 1. The molecule has 4 heteroatoms. The Bertz CT molecular complexity index is 493. The molecule has 3 atom stereocenters. The Morgan fingerprint density at radius 3 is 2.70 bits per heavy atom. The highest BCUT2D eigenvalue weighted by Crippen LogP contribution is 2.59. The molecule has 2 aliphatic carbocycles. The molecule has 0 spiro atoms. The number of fused-ring (bicyclic) bond motifs is 1. The standard InChI is InChI=1S/C16H22N2O2/c1-2-17-14(16-12-7-5-8-13(12)16)10-11-6-3-4-9-15(11)18(19)20/h3-4,6,9,12-14,16-17H,2,5,7-8,10H2,1H3. The molecule has 0 aromatic heterocycles. The number of nitro benzene ring substituents is 1. The maximum Gasteiger partial charge on any atom is 0.272 e. The lowest BCUT2D eigenvalue weighted by atomic mass is 9.96. The first kappa shape index (κ1) is 13.6. The molecule has 0 saturated heterocycles. The van der Waals surface area contributed by atoms with Crippen LogP contribution in [-0.2, 0) is 6.42 Å². The van der Waals surface area contributed by atoms with Crippen LogP contribution in [0.1, 0.15) is 31.7 Å². The van der Waals surface area contributed by atoms with Crippen LogP contribution in [0, 0.1) is 27.9 Å². The Kier molecular flexibility index (Phi) is 3.74. The van der Waals surface area contributed by atoms with Gasteiger partial charge in [0, 0.05) is 17.7 Å². The first-order chi connectivity index (χ1) is 9.72. The van der Waals surface area contributed by atoms with E-state index in [4.69, 9.17) is 0 Å². The average molecular weight is 274 g/mol. The lowest BCUT2D eigenvalue weighted by molar-refractivity contribution is -0.385. The number of hydrogen-bond donors (Lipinski definition) is 1.